The highest BCUT2D eigenvalue weighted by atomic mass is 32.2. The number of thioether (sulfide) groups is 1. The number of fused-ring (bicyclic) bond motifs is 1. The molecule has 1 aromatic carbocycles. The molecule has 7 nitrogen and oxygen atoms in total. The number of hydrogen-bond acceptors (Lipinski definition) is 7. The standard InChI is InChI=1S/C23H29N5O2S/c1-27-13-15-28(16-14-27)12-5-4-9-24-22(29)21-19(17-31-23-25-10-6-11-26-23)18-7-2-3-8-20(18)30-21/h2-3,6-8,10-11H,4-5,9,12-17H2,1H3,(H,24,29). The SMILES string of the molecule is CN1CCN(CCCCNC(=O)c2oc3ccccc3c2CSc2ncccn2)CC1. The second-order valence-corrected chi connectivity index (χ2v) is 8.78. The molecule has 2 aromatic heterocycles. The van der Waals surface area contributed by atoms with Crippen molar-refractivity contribution in [3.05, 3.63) is 54.0 Å². The van der Waals surface area contributed by atoms with Crippen molar-refractivity contribution < 1.29 is 9.21 Å². The fourth-order valence-corrected chi connectivity index (χ4v) is 4.57. The zero-order valence-electron chi connectivity index (χ0n) is 17.9. The van der Waals surface area contributed by atoms with Crippen LogP contribution in [0.2, 0.25) is 0 Å². The van der Waals surface area contributed by atoms with E-state index in [-0.39, 0.29) is 5.91 Å². The average molecular weight is 440 g/mol. The van der Waals surface area contributed by atoms with E-state index in [0.717, 1.165) is 62.1 Å². The van der Waals surface area contributed by atoms with Gasteiger partial charge in [-0.25, -0.2) is 9.97 Å². The molecule has 1 aliphatic heterocycles. The van der Waals surface area contributed by atoms with Gasteiger partial charge in [0.2, 0.25) is 0 Å². The molecule has 1 fully saturated rings. The van der Waals surface area contributed by atoms with Crippen molar-refractivity contribution in [3.8, 4) is 0 Å². The van der Waals surface area contributed by atoms with Gasteiger partial charge >= 0.3 is 0 Å². The Bertz CT molecular complexity index is 986. The normalized spacial score (nSPS) is 15.4. The molecule has 1 saturated heterocycles. The summed E-state index contributed by atoms with van der Waals surface area (Å²) in [6, 6.07) is 9.57. The minimum absolute atomic E-state index is 0.152. The van der Waals surface area contributed by atoms with Crippen LogP contribution in [0.25, 0.3) is 11.0 Å². The summed E-state index contributed by atoms with van der Waals surface area (Å²) in [5, 5.41) is 4.69. The molecule has 0 aliphatic carbocycles. The number of furan rings is 1. The van der Waals surface area contributed by atoms with Crippen LogP contribution in [0.3, 0.4) is 0 Å². The monoisotopic (exact) mass is 439 g/mol. The number of hydrogen-bond donors (Lipinski definition) is 1. The van der Waals surface area contributed by atoms with Gasteiger partial charge in [-0.3, -0.25) is 4.79 Å². The van der Waals surface area contributed by atoms with E-state index in [1.165, 1.54) is 11.8 Å². The molecule has 0 unspecified atom stereocenters. The first-order valence-electron chi connectivity index (χ1n) is 10.8. The summed E-state index contributed by atoms with van der Waals surface area (Å²) >= 11 is 1.50. The fraction of sp³-hybridized carbons (Fsp3) is 0.435. The van der Waals surface area contributed by atoms with Crippen LogP contribution in [0.4, 0.5) is 0 Å². The Morgan fingerprint density at radius 1 is 1.10 bits per heavy atom. The number of likely N-dealkylation sites (N-methyl/N-ethyl adjacent to an activating group) is 1. The van der Waals surface area contributed by atoms with E-state index >= 15 is 0 Å². The van der Waals surface area contributed by atoms with Gasteiger partial charge in [-0.15, -0.1) is 0 Å². The van der Waals surface area contributed by atoms with E-state index in [1.807, 2.05) is 24.3 Å². The van der Waals surface area contributed by atoms with E-state index in [1.54, 1.807) is 18.5 Å². The van der Waals surface area contributed by atoms with E-state index in [0.29, 0.717) is 23.2 Å². The quantitative estimate of drug-likeness (QED) is 0.312. The van der Waals surface area contributed by atoms with Crippen molar-refractivity contribution in [2.24, 2.45) is 0 Å². The predicted octanol–water partition coefficient (Wildman–Crippen LogP) is 3.27. The van der Waals surface area contributed by atoms with E-state index in [4.69, 9.17) is 4.42 Å². The molecule has 1 aliphatic rings. The number of para-hydroxylation sites is 1. The van der Waals surface area contributed by atoms with Gasteiger partial charge < -0.3 is 19.5 Å². The van der Waals surface area contributed by atoms with Crippen molar-refractivity contribution in [3.63, 3.8) is 0 Å². The van der Waals surface area contributed by atoms with Gasteiger partial charge in [0.05, 0.1) is 0 Å². The zero-order valence-corrected chi connectivity index (χ0v) is 18.7. The first-order valence-corrected chi connectivity index (χ1v) is 11.8. The predicted molar refractivity (Wildman–Crippen MR) is 123 cm³/mol. The number of unbranched alkanes of at least 4 members (excludes halogenated alkanes) is 1. The third-order valence-corrected chi connectivity index (χ3v) is 6.48. The number of aromatic nitrogens is 2. The van der Waals surface area contributed by atoms with Crippen LogP contribution < -0.4 is 5.32 Å². The first kappa shape index (κ1) is 21.8. The van der Waals surface area contributed by atoms with Crippen molar-refractivity contribution in [2.75, 3.05) is 46.3 Å². The van der Waals surface area contributed by atoms with Crippen molar-refractivity contribution in [1.29, 1.82) is 0 Å². The maximum atomic E-state index is 12.9. The number of piperazine rings is 1. The van der Waals surface area contributed by atoms with E-state index in [2.05, 4.69) is 32.1 Å². The van der Waals surface area contributed by atoms with Gasteiger partial charge in [-0.05, 0) is 38.6 Å². The number of benzene rings is 1. The molecule has 0 atom stereocenters. The number of nitrogens with zero attached hydrogens (tertiary/aromatic N) is 4. The summed E-state index contributed by atoms with van der Waals surface area (Å²) in [7, 11) is 2.17. The lowest BCUT2D eigenvalue weighted by Gasteiger charge is -2.32. The minimum atomic E-state index is -0.152. The van der Waals surface area contributed by atoms with Crippen LogP contribution in [0.5, 0.6) is 0 Å². The second-order valence-electron chi connectivity index (χ2n) is 7.83. The molecule has 31 heavy (non-hydrogen) atoms. The Labute approximate surface area is 187 Å². The van der Waals surface area contributed by atoms with Crippen molar-refractivity contribution in [2.45, 2.75) is 23.8 Å². The molecule has 8 heteroatoms. The molecular formula is C23H29N5O2S. The molecule has 3 heterocycles. The third kappa shape index (κ3) is 5.84. The number of nitrogens with one attached hydrogen (secondary N) is 1. The molecular weight excluding hydrogens is 410 g/mol. The topological polar surface area (TPSA) is 74.5 Å². The molecule has 0 bridgehead atoms. The van der Waals surface area contributed by atoms with E-state index < -0.39 is 0 Å². The zero-order chi connectivity index (χ0) is 21.5. The molecule has 1 amide bonds. The van der Waals surface area contributed by atoms with Gasteiger partial charge in [0.25, 0.3) is 5.91 Å². The van der Waals surface area contributed by atoms with Crippen LogP contribution in [0, 0.1) is 0 Å². The summed E-state index contributed by atoms with van der Waals surface area (Å²) < 4.78 is 5.93. The molecule has 164 valence electrons. The number of carbonyl (C=O) groups excluding carboxylic acids is 1. The molecule has 1 N–H and O–H groups in total. The highest BCUT2D eigenvalue weighted by Gasteiger charge is 2.20. The Hall–Kier alpha value is -2.42. The average Bonchev–Trinajstić information content (AvgIpc) is 3.18. The van der Waals surface area contributed by atoms with Crippen molar-refractivity contribution >= 4 is 28.6 Å². The van der Waals surface area contributed by atoms with Crippen LogP contribution in [0.15, 0.2) is 52.3 Å². The molecule has 0 saturated carbocycles. The molecule has 0 radical (unpaired) electrons. The summed E-state index contributed by atoms with van der Waals surface area (Å²) in [6.07, 6.45) is 5.48. The minimum Gasteiger partial charge on any atom is -0.451 e. The Morgan fingerprint density at radius 3 is 2.68 bits per heavy atom. The highest BCUT2D eigenvalue weighted by molar-refractivity contribution is 7.98. The van der Waals surface area contributed by atoms with Crippen LogP contribution >= 0.6 is 11.8 Å². The Balaban J connectivity index is 1.32. The van der Waals surface area contributed by atoms with Crippen LogP contribution in [0.1, 0.15) is 29.0 Å². The summed E-state index contributed by atoms with van der Waals surface area (Å²) in [6.45, 7) is 6.28. The first-order chi connectivity index (χ1) is 15.2. The Kier molecular flexibility index (Phi) is 7.56. The highest BCUT2D eigenvalue weighted by Crippen LogP contribution is 2.30. The van der Waals surface area contributed by atoms with Gasteiger partial charge in [-0.2, -0.15) is 0 Å². The molecule has 0 spiro atoms. The lowest BCUT2D eigenvalue weighted by atomic mass is 10.1. The van der Waals surface area contributed by atoms with Crippen LogP contribution in [-0.2, 0) is 5.75 Å². The van der Waals surface area contributed by atoms with Gasteiger partial charge in [0.15, 0.2) is 10.9 Å². The number of amides is 1. The van der Waals surface area contributed by atoms with E-state index in [9.17, 15) is 4.79 Å². The summed E-state index contributed by atoms with van der Waals surface area (Å²) in [5.74, 6) is 0.816. The number of rotatable bonds is 9. The maximum absolute atomic E-state index is 12.9. The maximum Gasteiger partial charge on any atom is 0.287 e. The second kappa shape index (κ2) is 10.7. The summed E-state index contributed by atoms with van der Waals surface area (Å²) in [4.78, 5) is 26.3. The lowest BCUT2D eigenvalue weighted by Crippen LogP contribution is -2.44. The lowest BCUT2D eigenvalue weighted by molar-refractivity contribution is 0.0925. The molecule has 3 aromatic rings. The summed E-state index contributed by atoms with van der Waals surface area (Å²) in [5.41, 5.74) is 1.62. The van der Waals surface area contributed by atoms with Gasteiger partial charge in [0, 0.05) is 61.8 Å². The molecule has 4 rings (SSSR count). The smallest absolute Gasteiger partial charge is 0.287 e. The fourth-order valence-electron chi connectivity index (χ4n) is 3.74. The van der Waals surface area contributed by atoms with Crippen molar-refractivity contribution in [1.82, 2.24) is 25.1 Å². The van der Waals surface area contributed by atoms with Crippen LogP contribution in [-0.4, -0.2) is 72.0 Å². The number of carbonyl (C=O) groups is 1. The largest absolute Gasteiger partial charge is 0.451 e. The van der Waals surface area contributed by atoms with Gasteiger partial charge in [0.1, 0.15) is 5.58 Å². The third-order valence-electron chi connectivity index (χ3n) is 5.57. The Morgan fingerprint density at radius 2 is 1.87 bits per heavy atom. The van der Waals surface area contributed by atoms with Gasteiger partial charge in [-0.1, -0.05) is 30.0 Å².